The molecule has 1 aliphatic heterocycles. The van der Waals surface area contributed by atoms with Gasteiger partial charge in [-0.25, -0.2) is 13.1 Å². The van der Waals surface area contributed by atoms with Crippen molar-refractivity contribution < 1.29 is 18.1 Å². The minimum atomic E-state index is -3.80. The van der Waals surface area contributed by atoms with E-state index in [2.05, 4.69) is 5.32 Å². The summed E-state index contributed by atoms with van der Waals surface area (Å²) in [5.41, 5.74) is 3.34. The number of nitro groups is 1. The predicted molar refractivity (Wildman–Crippen MR) is 145 cm³/mol. The zero-order valence-corrected chi connectivity index (χ0v) is 21.8. The number of non-ortho nitro benzene ring substituents is 1. The maximum Gasteiger partial charge on any atom is 0.269 e. The molecule has 1 amide bonds. The second-order valence-electron chi connectivity index (χ2n) is 9.30. The highest BCUT2D eigenvalue weighted by molar-refractivity contribution is 7.89. The van der Waals surface area contributed by atoms with Crippen molar-refractivity contribution in [1.29, 1.82) is 0 Å². The van der Waals surface area contributed by atoms with Gasteiger partial charge in [-0.1, -0.05) is 48.5 Å². The van der Waals surface area contributed by atoms with Gasteiger partial charge in [0.1, 0.15) is 0 Å². The normalized spacial score (nSPS) is 14.7. The van der Waals surface area contributed by atoms with Crippen LogP contribution in [0.4, 0.5) is 5.69 Å². The van der Waals surface area contributed by atoms with Gasteiger partial charge in [-0.2, -0.15) is 9.40 Å². The zero-order chi connectivity index (χ0) is 27.4. The number of benzene rings is 3. The van der Waals surface area contributed by atoms with E-state index in [-0.39, 0.29) is 42.0 Å². The second-order valence-corrected chi connectivity index (χ2v) is 11.2. The fourth-order valence-corrected chi connectivity index (χ4v) is 6.13. The molecular formula is C28H27N5O5S. The quantitative estimate of drug-likeness (QED) is 0.262. The van der Waals surface area contributed by atoms with Gasteiger partial charge in [-0.15, -0.1) is 0 Å². The van der Waals surface area contributed by atoms with Gasteiger partial charge in [0.25, 0.3) is 5.69 Å². The minimum Gasteiger partial charge on any atom is -0.352 e. The molecule has 1 aromatic heterocycles. The minimum absolute atomic E-state index is 0.000119. The SMILES string of the molecule is O=C(NCc1cn(-c2ccccc2)nc1-c1ccccc1)C1CCN(S(=O)(=O)c2ccc([N+](=O)[O-])cc2)CC1. The third-order valence-electron chi connectivity index (χ3n) is 6.82. The van der Waals surface area contributed by atoms with Crippen molar-refractivity contribution in [2.24, 2.45) is 5.92 Å². The summed E-state index contributed by atoms with van der Waals surface area (Å²) in [5, 5.41) is 18.7. The number of rotatable bonds is 8. The van der Waals surface area contributed by atoms with E-state index in [0.29, 0.717) is 12.8 Å². The van der Waals surface area contributed by atoms with E-state index in [9.17, 15) is 23.3 Å². The largest absolute Gasteiger partial charge is 0.352 e. The average molecular weight is 546 g/mol. The molecule has 2 heterocycles. The van der Waals surface area contributed by atoms with Gasteiger partial charge in [0.05, 0.1) is 21.2 Å². The Morgan fingerprint density at radius 1 is 0.949 bits per heavy atom. The van der Waals surface area contributed by atoms with Gasteiger partial charge >= 0.3 is 0 Å². The van der Waals surface area contributed by atoms with E-state index in [0.717, 1.165) is 22.5 Å². The summed E-state index contributed by atoms with van der Waals surface area (Å²) in [5.74, 6) is -0.452. The number of nitro benzene ring substituents is 1. The molecule has 39 heavy (non-hydrogen) atoms. The smallest absolute Gasteiger partial charge is 0.269 e. The number of piperidine rings is 1. The highest BCUT2D eigenvalue weighted by Crippen LogP contribution is 2.27. The number of para-hydroxylation sites is 1. The zero-order valence-electron chi connectivity index (χ0n) is 21.0. The Bertz CT molecular complexity index is 1560. The third kappa shape index (κ3) is 5.74. The number of aromatic nitrogens is 2. The molecule has 1 fully saturated rings. The molecule has 4 aromatic rings. The molecule has 0 atom stereocenters. The Morgan fingerprint density at radius 2 is 1.56 bits per heavy atom. The lowest BCUT2D eigenvalue weighted by Crippen LogP contribution is -2.42. The van der Waals surface area contributed by atoms with Gasteiger partial charge in [0, 0.05) is 55.0 Å². The number of nitrogens with zero attached hydrogens (tertiary/aromatic N) is 4. The number of sulfonamides is 1. The summed E-state index contributed by atoms with van der Waals surface area (Å²) in [6, 6.07) is 24.4. The van der Waals surface area contributed by atoms with Crippen molar-refractivity contribution in [1.82, 2.24) is 19.4 Å². The fourth-order valence-electron chi connectivity index (χ4n) is 4.67. The first kappa shape index (κ1) is 26.3. The second kappa shape index (κ2) is 11.2. The molecule has 10 nitrogen and oxygen atoms in total. The Kier molecular flexibility index (Phi) is 7.53. The van der Waals surface area contributed by atoms with E-state index in [1.165, 1.54) is 28.6 Å². The number of hydrogen-bond acceptors (Lipinski definition) is 6. The summed E-state index contributed by atoms with van der Waals surface area (Å²) in [4.78, 5) is 23.3. The molecule has 1 aliphatic rings. The van der Waals surface area contributed by atoms with Crippen LogP contribution in [0.2, 0.25) is 0 Å². The lowest BCUT2D eigenvalue weighted by molar-refractivity contribution is -0.384. The molecule has 5 rings (SSSR count). The highest BCUT2D eigenvalue weighted by Gasteiger charge is 2.32. The van der Waals surface area contributed by atoms with Gasteiger partial charge in [-0.05, 0) is 37.1 Å². The molecule has 0 unspecified atom stereocenters. The number of nitrogens with one attached hydrogen (secondary N) is 1. The molecule has 0 saturated carbocycles. The fraction of sp³-hybridized carbons (Fsp3) is 0.214. The molecule has 0 bridgehead atoms. The molecule has 1 saturated heterocycles. The van der Waals surface area contributed by atoms with Crippen molar-refractivity contribution in [3.05, 3.63) is 107 Å². The van der Waals surface area contributed by atoms with E-state index < -0.39 is 14.9 Å². The van der Waals surface area contributed by atoms with Crippen LogP contribution in [0, 0.1) is 16.0 Å². The molecule has 0 aliphatic carbocycles. The third-order valence-corrected chi connectivity index (χ3v) is 8.73. The van der Waals surface area contributed by atoms with E-state index in [1.54, 1.807) is 4.68 Å². The summed E-state index contributed by atoms with van der Waals surface area (Å²) in [6.07, 6.45) is 2.68. The van der Waals surface area contributed by atoms with Gasteiger partial charge in [0.2, 0.25) is 15.9 Å². The summed E-state index contributed by atoms with van der Waals surface area (Å²) in [7, 11) is -3.80. The first-order valence-corrected chi connectivity index (χ1v) is 14.0. The van der Waals surface area contributed by atoms with Crippen molar-refractivity contribution in [2.75, 3.05) is 13.1 Å². The van der Waals surface area contributed by atoms with Crippen LogP contribution in [0.1, 0.15) is 18.4 Å². The van der Waals surface area contributed by atoms with Crippen molar-refractivity contribution >= 4 is 21.6 Å². The number of hydrogen-bond donors (Lipinski definition) is 1. The maximum absolute atomic E-state index is 13.1. The number of amides is 1. The maximum atomic E-state index is 13.1. The summed E-state index contributed by atoms with van der Waals surface area (Å²) in [6.45, 7) is 0.675. The number of carbonyl (C=O) groups excluding carboxylic acids is 1. The van der Waals surface area contributed by atoms with Crippen LogP contribution in [0.3, 0.4) is 0 Å². The van der Waals surface area contributed by atoms with Crippen LogP contribution in [0.5, 0.6) is 0 Å². The van der Waals surface area contributed by atoms with E-state index in [1.807, 2.05) is 66.9 Å². The standard InChI is InChI=1S/C28H27N5O5S/c34-28(22-15-17-31(18-16-22)39(37,38)26-13-11-25(12-14-26)33(35)36)29-19-23-20-32(24-9-5-2-6-10-24)30-27(23)21-7-3-1-4-8-21/h1-14,20,22H,15-19H2,(H,29,34). The first-order chi connectivity index (χ1) is 18.8. The van der Waals surface area contributed by atoms with Crippen LogP contribution < -0.4 is 5.32 Å². The van der Waals surface area contributed by atoms with Crippen molar-refractivity contribution in [3.8, 4) is 16.9 Å². The van der Waals surface area contributed by atoms with E-state index >= 15 is 0 Å². The number of carbonyl (C=O) groups is 1. The topological polar surface area (TPSA) is 127 Å². The molecule has 1 N–H and O–H groups in total. The van der Waals surface area contributed by atoms with Crippen LogP contribution in [-0.4, -0.2) is 46.4 Å². The molecule has 0 radical (unpaired) electrons. The highest BCUT2D eigenvalue weighted by atomic mass is 32.2. The Balaban J connectivity index is 1.24. The van der Waals surface area contributed by atoms with Crippen LogP contribution >= 0.6 is 0 Å². The Morgan fingerprint density at radius 3 is 2.18 bits per heavy atom. The first-order valence-electron chi connectivity index (χ1n) is 12.5. The van der Waals surface area contributed by atoms with Crippen LogP contribution in [-0.2, 0) is 21.4 Å². The molecule has 11 heteroatoms. The molecular weight excluding hydrogens is 518 g/mol. The van der Waals surface area contributed by atoms with Crippen molar-refractivity contribution in [3.63, 3.8) is 0 Å². The van der Waals surface area contributed by atoms with Gasteiger partial charge in [0.15, 0.2) is 0 Å². The molecule has 3 aromatic carbocycles. The molecule has 200 valence electrons. The summed E-state index contributed by atoms with van der Waals surface area (Å²) < 4.78 is 29.1. The predicted octanol–water partition coefficient (Wildman–Crippen LogP) is 4.16. The Labute approximate surface area is 226 Å². The van der Waals surface area contributed by atoms with Gasteiger partial charge in [-0.3, -0.25) is 14.9 Å². The molecule has 0 spiro atoms. The lowest BCUT2D eigenvalue weighted by atomic mass is 9.97. The van der Waals surface area contributed by atoms with Crippen molar-refractivity contribution in [2.45, 2.75) is 24.3 Å². The lowest BCUT2D eigenvalue weighted by Gasteiger charge is -2.30. The van der Waals surface area contributed by atoms with Crippen LogP contribution in [0.25, 0.3) is 16.9 Å². The van der Waals surface area contributed by atoms with Gasteiger partial charge < -0.3 is 5.32 Å². The van der Waals surface area contributed by atoms with Crippen LogP contribution in [0.15, 0.2) is 96.0 Å². The van der Waals surface area contributed by atoms with E-state index in [4.69, 9.17) is 5.10 Å². The summed E-state index contributed by atoms with van der Waals surface area (Å²) >= 11 is 0. The average Bonchev–Trinajstić information content (AvgIpc) is 3.41. The Hall–Kier alpha value is -4.35. The monoisotopic (exact) mass is 545 g/mol.